The fourth-order valence-electron chi connectivity index (χ4n) is 7.51. The van der Waals surface area contributed by atoms with Gasteiger partial charge in [0.15, 0.2) is 0 Å². The summed E-state index contributed by atoms with van der Waals surface area (Å²) in [5, 5.41) is 7.10. The minimum Gasteiger partial charge on any atom is -0.0616 e. The van der Waals surface area contributed by atoms with E-state index in [2.05, 4.69) is 24.3 Å². The predicted octanol–water partition coefficient (Wildman–Crippen LogP) is 14.1. The molecule has 0 N–H and O–H groups in total. The van der Waals surface area contributed by atoms with E-state index in [1.54, 1.807) is 0 Å². The molecule has 0 amide bonds. The summed E-state index contributed by atoms with van der Waals surface area (Å²) < 4.78 is 66.4. The van der Waals surface area contributed by atoms with Gasteiger partial charge in [0.25, 0.3) is 0 Å². The Morgan fingerprint density at radius 3 is 1.48 bits per heavy atom. The predicted molar refractivity (Wildman–Crippen MR) is 216 cm³/mol. The van der Waals surface area contributed by atoms with Gasteiger partial charge in [0.2, 0.25) is 0 Å². The van der Waals surface area contributed by atoms with Gasteiger partial charge in [0.05, 0.1) is 9.60 Å². The molecular weight excluding hydrogens is 601 g/mol. The third kappa shape index (κ3) is 4.61. The molecule has 10 aromatic rings. The van der Waals surface area contributed by atoms with Gasteiger partial charge in [-0.2, -0.15) is 0 Å². The van der Waals surface area contributed by atoms with Gasteiger partial charge in [-0.05, 0) is 110 Å². The Kier molecular flexibility index (Phi) is 5.14. The summed E-state index contributed by atoms with van der Waals surface area (Å²) in [6, 6.07) is 48.1. The quantitative estimate of drug-likeness (QED) is 0.168. The molecule has 0 atom stereocenters. The van der Waals surface area contributed by atoms with Crippen molar-refractivity contribution in [3.63, 3.8) is 0 Å². The second-order valence-electron chi connectivity index (χ2n) is 12.7. The average molecular weight is 640 g/mol. The molecule has 0 spiro atoms. The van der Waals surface area contributed by atoms with Crippen molar-refractivity contribution in [1.82, 2.24) is 0 Å². The third-order valence-corrected chi connectivity index (χ3v) is 9.87. The maximum atomic E-state index is 10.1. The van der Waals surface area contributed by atoms with Crippen LogP contribution in [0.1, 0.15) is 9.60 Å². The lowest BCUT2D eigenvalue weighted by molar-refractivity contribution is 1.63. The van der Waals surface area contributed by atoms with Crippen LogP contribution in [0.5, 0.6) is 0 Å². The number of fused-ring (bicyclic) bond motifs is 5. The van der Waals surface area contributed by atoms with Gasteiger partial charge in [0.1, 0.15) is 0 Å². The van der Waals surface area contributed by atoms with E-state index in [0.717, 1.165) is 43.4 Å². The Morgan fingerprint density at radius 1 is 0.300 bits per heavy atom. The first kappa shape index (κ1) is 22.2. The van der Waals surface area contributed by atoms with Crippen molar-refractivity contribution in [3.8, 4) is 44.5 Å². The molecule has 0 saturated carbocycles. The van der Waals surface area contributed by atoms with Gasteiger partial charge in [-0.3, -0.25) is 0 Å². The lowest BCUT2D eigenvalue weighted by atomic mass is 9.84. The Morgan fingerprint density at radius 2 is 0.800 bits per heavy atom. The van der Waals surface area contributed by atoms with Crippen molar-refractivity contribution in [1.29, 1.82) is 0 Å². The monoisotopic (exact) mass is 639 g/mol. The van der Waals surface area contributed by atoms with Crippen LogP contribution in [0.25, 0.3) is 98.4 Å². The van der Waals surface area contributed by atoms with Crippen molar-refractivity contribution in [3.05, 3.63) is 194 Å². The number of hydrogen-bond donors (Lipinski definition) is 0. The molecule has 0 aliphatic carbocycles. The van der Waals surface area contributed by atoms with Gasteiger partial charge in [-0.15, -0.1) is 0 Å². The zero-order chi connectivity index (χ0) is 39.1. The molecular formula is C50H32. The molecule has 50 heavy (non-hydrogen) atoms. The van der Waals surface area contributed by atoms with Crippen molar-refractivity contribution < 1.29 is 9.60 Å². The first-order valence-electron chi connectivity index (χ1n) is 20.3. The maximum absolute atomic E-state index is 10.1. The Labute approximate surface area is 301 Å². The first-order chi connectivity index (χ1) is 27.7. The van der Waals surface area contributed by atoms with Gasteiger partial charge in [-0.25, -0.2) is 0 Å². The second kappa shape index (κ2) is 11.6. The normalized spacial score (nSPS) is 13.6. The summed E-state index contributed by atoms with van der Waals surface area (Å²) >= 11 is 0. The Bertz CT molecular complexity index is 3300. The second-order valence-corrected chi connectivity index (χ2v) is 12.7. The average Bonchev–Trinajstić information content (AvgIpc) is 3.25. The van der Waals surface area contributed by atoms with E-state index in [1.165, 1.54) is 0 Å². The van der Waals surface area contributed by atoms with Crippen molar-refractivity contribution >= 4 is 53.9 Å². The van der Waals surface area contributed by atoms with E-state index in [4.69, 9.17) is 2.74 Å². The fraction of sp³-hybridized carbons (Fsp3) is 0. The van der Waals surface area contributed by atoms with Crippen LogP contribution in [0, 0.1) is 0 Å². The molecule has 0 nitrogen and oxygen atoms in total. The van der Waals surface area contributed by atoms with Crippen LogP contribution in [0.15, 0.2) is 194 Å². The molecule has 0 heterocycles. The highest BCUT2D eigenvalue weighted by molar-refractivity contribution is 6.22. The zero-order valence-electron chi connectivity index (χ0n) is 33.9. The summed E-state index contributed by atoms with van der Waals surface area (Å²) in [5.41, 5.74) is 5.07. The summed E-state index contributed by atoms with van der Waals surface area (Å²) in [6.45, 7) is 0. The Hall–Kier alpha value is -6.50. The lowest BCUT2D eigenvalue weighted by Crippen LogP contribution is -1.92. The molecule has 10 rings (SSSR count). The lowest BCUT2D eigenvalue weighted by Gasteiger charge is -2.19. The molecule has 0 aliphatic rings. The highest BCUT2D eigenvalue weighted by Gasteiger charge is 2.18. The summed E-state index contributed by atoms with van der Waals surface area (Å²) in [7, 11) is 0. The van der Waals surface area contributed by atoms with Crippen molar-refractivity contribution in [2.24, 2.45) is 0 Å². The molecule has 0 aromatic heterocycles. The van der Waals surface area contributed by atoms with E-state index < -0.39 is 0 Å². The summed E-state index contributed by atoms with van der Waals surface area (Å²) in [4.78, 5) is 0. The molecule has 0 heteroatoms. The molecule has 0 bridgehead atoms. The van der Waals surface area contributed by atoms with Crippen LogP contribution in [0.4, 0.5) is 0 Å². The molecule has 0 unspecified atom stereocenters. The molecule has 10 aromatic carbocycles. The topological polar surface area (TPSA) is 0 Å². The number of rotatable bonds is 4. The first-order valence-corrected chi connectivity index (χ1v) is 16.8. The van der Waals surface area contributed by atoms with Gasteiger partial charge < -0.3 is 0 Å². The molecule has 0 saturated heterocycles. The molecule has 0 aliphatic heterocycles. The number of hydrogen-bond acceptors (Lipinski definition) is 0. The van der Waals surface area contributed by atoms with E-state index in [-0.39, 0.29) is 53.1 Å². The van der Waals surface area contributed by atoms with Crippen molar-refractivity contribution in [2.45, 2.75) is 0 Å². The number of benzene rings is 10. The maximum Gasteiger partial charge on any atom is 0.0636 e. The standard InChI is InChI=1S/C50H32/c1-2-14-38-31-40(28-23-33(38)11-1)50-46-20-8-7-19-45(46)49(37-26-24-36(25-27-37)43-21-9-15-34-12-3-5-17-41(34)43)47-30-29-39(32-48(47)50)44-22-10-16-35-13-4-6-18-42(35)44/h1-32H/i7D,8D,19D,20D,29D,30D,32D. The van der Waals surface area contributed by atoms with Crippen LogP contribution < -0.4 is 0 Å². The fourth-order valence-corrected chi connectivity index (χ4v) is 7.51. The minimum atomic E-state index is -0.388. The summed E-state index contributed by atoms with van der Waals surface area (Å²) in [6.07, 6.45) is 0. The molecule has 232 valence electrons. The van der Waals surface area contributed by atoms with Gasteiger partial charge in [0, 0.05) is 0 Å². The van der Waals surface area contributed by atoms with Gasteiger partial charge in [-0.1, -0.05) is 182 Å². The van der Waals surface area contributed by atoms with E-state index in [0.29, 0.717) is 44.2 Å². The van der Waals surface area contributed by atoms with Crippen molar-refractivity contribution in [2.75, 3.05) is 0 Å². The van der Waals surface area contributed by atoms with Crippen LogP contribution in [-0.4, -0.2) is 0 Å². The van der Waals surface area contributed by atoms with E-state index in [9.17, 15) is 6.85 Å². The molecule has 0 fully saturated rings. The van der Waals surface area contributed by atoms with Crippen LogP contribution in [0.3, 0.4) is 0 Å². The highest BCUT2D eigenvalue weighted by Crippen LogP contribution is 2.46. The minimum absolute atomic E-state index is 0.0217. The summed E-state index contributed by atoms with van der Waals surface area (Å²) in [5.74, 6) is 0. The van der Waals surface area contributed by atoms with E-state index >= 15 is 0 Å². The largest absolute Gasteiger partial charge is 0.0636 e. The smallest absolute Gasteiger partial charge is 0.0616 e. The molecule has 0 radical (unpaired) electrons. The SMILES string of the molecule is [2H]c1c([2H])c([2H])c2c(-c3ccc4ccccc4c3)c3c([2H])c(-c4cccc5ccccc45)c([2H])c([2H])c3c(-c3ccc(-c4cccc5ccccc45)cc3)c2c1[2H]. The Balaban J connectivity index is 1.39. The van der Waals surface area contributed by atoms with Crippen LogP contribution in [0.2, 0.25) is 0 Å². The van der Waals surface area contributed by atoms with E-state index in [1.807, 2.05) is 127 Å². The highest BCUT2D eigenvalue weighted by atomic mass is 14.2. The van der Waals surface area contributed by atoms with Crippen LogP contribution >= 0.6 is 0 Å². The third-order valence-electron chi connectivity index (χ3n) is 9.87. The van der Waals surface area contributed by atoms with Gasteiger partial charge >= 0.3 is 0 Å². The van der Waals surface area contributed by atoms with Crippen LogP contribution in [-0.2, 0) is 0 Å². The zero-order valence-corrected chi connectivity index (χ0v) is 26.9.